The predicted octanol–water partition coefficient (Wildman–Crippen LogP) is 2.87. The number of nitrogens with one attached hydrogen (secondary N) is 1. The largest absolute Gasteiger partial charge is 0.459 e. The molecular formula is C14H24N2O2S. The summed E-state index contributed by atoms with van der Waals surface area (Å²) in [4.78, 5) is 16.1. The Balaban J connectivity index is 2.38. The number of nitrogens with zero attached hydrogens (tertiary/aromatic N) is 1. The summed E-state index contributed by atoms with van der Waals surface area (Å²) >= 11 is 1.66. The minimum absolute atomic E-state index is 0.0775. The highest BCUT2D eigenvalue weighted by atomic mass is 32.1. The summed E-state index contributed by atoms with van der Waals surface area (Å²) in [7, 11) is 0. The van der Waals surface area contributed by atoms with Crippen LogP contribution in [0, 0.1) is 0 Å². The van der Waals surface area contributed by atoms with Crippen molar-refractivity contribution in [3.8, 4) is 0 Å². The maximum Gasteiger partial charge on any atom is 0.320 e. The Labute approximate surface area is 119 Å². The quantitative estimate of drug-likeness (QED) is 0.864. The number of aromatic nitrogens is 1. The minimum Gasteiger partial charge on any atom is -0.459 e. The van der Waals surface area contributed by atoms with Gasteiger partial charge in [-0.05, 0) is 20.8 Å². The number of ether oxygens (including phenoxy) is 1. The van der Waals surface area contributed by atoms with Gasteiger partial charge in [0.2, 0.25) is 0 Å². The van der Waals surface area contributed by atoms with Gasteiger partial charge in [0, 0.05) is 17.3 Å². The molecule has 1 aromatic rings. The van der Waals surface area contributed by atoms with E-state index in [1.165, 1.54) is 0 Å². The van der Waals surface area contributed by atoms with Crippen molar-refractivity contribution < 1.29 is 9.53 Å². The molecule has 0 radical (unpaired) electrons. The van der Waals surface area contributed by atoms with Gasteiger partial charge >= 0.3 is 5.97 Å². The Kier molecular flexibility index (Phi) is 5.10. The number of rotatable bonds is 4. The first-order valence-corrected chi connectivity index (χ1v) is 7.33. The second-order valence-corrected chi connectivity index (χ2v) is 7.44. The molecule has 0 spiro atoms. The van der Waals surface area contributed by atoms with Crippen LogP contribution in [0.1, 0.15) is 52.2 Å². The number of hydrogen-bond acceptors (Lipinski definition) is 5. The van der Waals surface area contributed by atoms with Crippen LogP contribution in [0.25, 0.3) is 0 Å². The van der Waals surface area contributed by atoms with E-state index in [4.69, 9.17) is 4.74 Å². The van der Waals surface area contributed by atoms with Crippen LogP contribution in [-0.4, -0.2) is 23.1 Å². The van der Waals surface area contributed by atoms with Gasteiger partial charge in [-0.2, -0.15) is 0 Å². The molecule has 0 aliphatic heterocycles. The Morgan fingerprint density at radius 3 is 2.42 bits per heavy atom. The fourth-order valence-corrected chi connectivity index (χ4v) is 2.31. The van der Waals surface area contributed by atoms with E-state index in [1.807, 2.05) is 26.2 Å². The molecule has 0 fully saturated rings. The number of carbonyl (C=O) groups excluding carboxylic acids is 1. The molecule has 4 nitrogen and oxygen atoms in total. The first kappa shape index (κ1) is 16.1. The van der Waals surface area contributed by atoms with Crippen LogP contribution < -0.4 is 5.32 Å². The molecule has 0 saturated carbocycles. The van der Waals surface area contributed by atoms with E-state index in [0.29, 0.717) is 6.54 Å². The van der Waals surface area contributed by atoms with Crippen molar-refractivity contribution in [1.29, 1.82) is 0 Å². The molecule has 0 aliphatic carbocycles. The molecule has 19 heavy (non-hydrogen) atoms. The highest BCUT2D eigenvalue weighted by Crippen LogP contribution is 2.25. The molecule has 1 aromatic heterocycles. The van der Waals surface area contributed by atoms with Crippen LogP contribution >= 0.6 is 11.3 Å². The van der Waals surface area contributed by atoms with Crippen LogP contribution in [0.4, 0.5) is 0 Å². The van der Waals surface area contributed by atoms with Crippen molar-refractivity contribution >= 4 is 17.3 Å². The molecule has 0 amide bonds. The summed E-state index contributed by atoms with van der Waals surface area (Å²) in [6.45, 7) is 12.8. The van der Waals surface area contributed by atoms with E-state index in [9.17, 15) is 4.79 Å². The molecule has 0 aromatic carbocycles. The Hall–Kier alpha value is -0.940. The zero-order valence-corrected chi connectivity index (χ0v) is 13.5. The molecule has 0 saturated heterocycles. The molecule has 0 bridgehead atoms. The first-order chi connectivity index (χ1) is 8.58. The highest BCUT2D eigenvalue weighted by Gasteiger charge is 2.18. The van der Waals surface area contributed by atoms with Crippen molar-refractivity contribution in [3.63, 3.8) is 0 Å². The van der Waals surface area contributed by atoms with Gasteiger partial charge in [0.1, 0.15) is 5.60 Å². The predicted molar refractivity (Wildman–Crippen MR) is 78.4 cm³/mol. The molecule has 0 aliphatic rings. The second kappa shape index (κ2) is 6.01. The Bertz CT molecular complexity index is 427. The Morgan fingerprint density at radius 1 is 1.32 bits per heavy atom. The normalized spacial score (nSPS) is 12.5. The van der Waals surface area contributed by atoms with E-state index in [1.54, 1.807) is 11.3 Å². The molecule has 1 rings (SSSR count). The van der Waals surface area contributed by atoms with Gasteiger partial charge < -0.3 is 10.1 Å². The van der Waals surface area contributed by atoms with Crippen LogP contribution in [0.2, 0.25) is 0 Å². The standard InChI is InChI=1S/C14H24N2O2S/c1-13(2,3)12-16-10(9-19-12)7-15-8-11(17)18-14(4,5)6/h9,15H,7-8H2,1-6H3. The van der Waals surface area contributed by atoms with E-state index >= 15 is 0 Å². The Morgan fingerprint density at radius 2 is 1.95 bits per heavy atom. The van der Waals surface area contributed by atoms with Crippen molar-refractivity contribution in [2.75, 3.05) is 6.54 Å². The van der Waals surface area contributed by atoms with E-state index in [2.05, 4.69) is 31.1 Å². The van der Waals surface area contributed by atoms with E-state index < -0.39 is 5.60 Å². The van der Waals surface area contributed by atoms with Crippen LogP contribution in [0.15, 0.2) is 5.38 Å². The third-order valence-corrected chi connectivity index (χ3v) is 3.51. The summed E-state index contributed by atoms with van der Waals surface area (Å²) < 4.78 is 5.22. The van der Waals surface area contributed by atoms with Crippen LogP contribution in [-0.2, 0) is 21.5 Å². The van der Waals surface area contributed by atoms with E-state index in [0.717, 1.165) is 10.7 Å². The maximum atomic E-state index is 11.5. The zero-order chi connectivity index (χ0) is 14.7. The number of carbonyl (C=O) groups is 1. The lowest BCUT2D eigenvalue weighted by molar-refractivity contribution is -0.153. The molecule has 0 atom stereocenters. The average molecular weight is 284 g/mol. The molecule has 108 valence electrons. The molecule has 1 heterocycles. The topological polar surface area (TPSA) is 51.2 Å². The number of thiazole rings is 1. The van der Waals surface area contributed by atoms with Crippen molar-refractivity contribution in [2.45, 2.75) is 59.1 Å². The summed E-state index contributed by atoms with van der Waals surface area (Å²) in [5, 5.41) is 6.20. The van der Waals surface area contributed by atoms with Crippen molar-refractivity contribution in [2.24, 2.45) is 0 Å². The summed E-state index contributed by atoms with van der Waals surface area (Å²) in [5.74, 6) is -0.237. The van der Waals surface area contributed by atoms with E-state index in [-0.39, 0.29) is 17.9 Å². The summed E-state index contributed by atoms with van der Waals surface area (Å²) in [6, 6.07) is 0. The minimum atomic E-state index is -0.432. The lowest BCUT2D eigenvalue weighted by Gasteiger charge is -2.19. The zero-order valence-electron chi connectivity index (χ0n) is 12.7. The van der Waals surface area contributed by atoms with Gasteiger partial charge in [-0.3, -0.25) is 4.79 Å². The molecular weight excluding hydrogens is 260 g/mol. The fourth-order valence-electron chi connectivity index (χ4n) is 1.40. The second-order valence-electron chi connectivity index (χ2n) is 6.58. The lowest BCUT2D eigenvalue weighted by Crippen LogP contribution is -2.31. The first-order valence-electron chi connectivity index (χ1n) is 6.45. The van der Waals surface area contributed by atoms with Gasteiger partial charge in [-0.1, -0.05) is 20.8 Å². The van der Waals surface area contributed by atoms with Crippen LogP contribution in [0.3, 0.4) is 0 Å². The van der Waals surface area contributed by atoms with Gasteiger partial charge in [0.25, 0.3) is 0 Å². The number of esters is 1. The summed E-state index contributed by atoms with van der Waals surface area (Å²) in [6.07, 6.45) is 0. The maximum absolute atomic E-state index is 11.5. The smallest absolute Gasteiger partial charge is 0.320 e. The molecule has 1 N–H and O–H groups in total. The third-order valence-electron chi connectivity index (χ3n) is 2.19. The number of hydrogen-bond donors (Lipinski definition) is 1. The average Bonchev–Trinajstić information content (AvgIpc) is 2.62. The molecule has 5 heteroatoms. The SMILES string of the molecule is CC(C)(C)OC(=O)CNCc1csc(C(C)(C)C)n1. The third kappa shape index (κ3) is 6.16. The molecule has 0 unspecified atom stereocenters. The fraction of sp³-hybridized carbons (Fsp3) is 0.714. The highest BCUT2D eigenvalue weighted by molar-refractivity contribution is 7.09. The summed E-state index contributed by atoms with van der Waals surface area (Å²) in [5.41, 5.74) is 0.617. The van der Waals surface area contributed by atoms with Crippen LogP contribution in [0.5, 0.6) is 0 Å². The monoisotopic (exact) mass is 284 g/mol. The van der Waals surface area contributed by atoms with Gasteiger partial charge in [0.15, 0.2) is 0 Å². The lowest BCUT2D eigenvalue weighted by atomic mass is 9.98. The van der Waals surface area contributed by atoms with Gasteiger partial charge in [-0.25, -0.2) is 4.98 Å². The van der Waals surface area contributed by atoms with Crippen molar-refractivity contribution in [3.05, 3.63) is 16.1 Å². The van der Waals surface area contributed by atoms with Crippen molar-refractivity contribution in [1.82, 2.24) is 10.3 Å². The van der Waals surface area contributed by atoms with Gasteiger partial charge in [0.05, 0.1) is 17.2 Å². The van der Waals surface area contributed by atoms with Gasteiger partial charge in [-0.15, -0.1) is 11.3 Å².